The minimum absolute atomic E-state index is 0.113. The molecule has 1 aliphatic rings. The monoisotopic (exact) mass is 455 g/mol. The van der Waals surface area contributed by atoms with Gasteiger partial charge in [-0.1, -0.05) is 37.1 Å². The molecular weight excluding hydrogens is 426 g/mol. The van der Waals surface area contributed by atoms with Gasteiger partial charge in [0, 0.05) is 12.6 Å². The van der Waals surface area contributed by atoms with Gasteiger partial charge in [0.05, 0.1) is 18.5 Å². The average Bonchev–Trinajstić information content (AvgIpc) is 3.52. The lowest BCUT2D eigenvalue weighted by Crippen LogP contribution is -2.48. The molecule has 1 aromatic heterocycles. The van der Waals surface area contributed by atoms with Crippen molar-refractivity contribution >= 4 is 29.1 Å². The number of hydrogen-bond donors (Lipinski definition) is 2. The fraction of sp³-hybridized carbons (Fsp3) is 0.375. The van der Waals surface area contributed by atoms with E-state index < -0.39 is 6.04 Å². The molecule has 7 nitrogen and oxygen atoms in total. The van der Waals surface area contributed by atoms with Crippen molar-refractivity contribution in [1.29, 1.82) is 0 Å². The third kappa shape index (κ3) is 5.97. The van der Waals surface area contributed by atoms with Crippen LogP contribution in [0.4, 0.5) is 0 Å². The van der Waals surface area contributed by atoms with Crippen LogP contribution in [-0.4, -0.2) is 48.9 Å². The molecule has 32 heavy (non-hydrogen) atoms. The molecule has 1 heterocycles. The predicted molar refractivity (Wildman–Crippen MR) is 125 cm³/mol. The molecule has 1 atom stereocenters. The number of benzene rings is 1. The summed E-state index contributed by atoms with van der Waals surface area (Å²) in [6, 6.07) is 9.84. The first-order chi connectivity index (χ1) is 15.5. The molecule has 1 aliphatic carbocycles. The van der Waals surface area contributed by atoms with Crippen LogP contribution in [0.15, 0.2) is 54.4 Å². The first kappa shape index (κ1) is 23.5. The summed E-state index contributed by atoms with van der Waals surface area (Å²) < 4.78 is 5.23. The van der Waals surface area contributed by atoms with E-state index in [0.29, 0.717) is 16.2 Å². The van der Waals surface area contributed by atoms with Crippen LogP contribution in [0.3, 0.4) is 0 Å². The molecule has 8 heteroatoms. The number of thiophene rings is 1. The van der Waals surface area contributed by atoms with Crippen LogP contribution in [0.5, 0.6) is 5.75 Å². The van der Waals surface area contributed by atoms with Gasteiger partial charge in [-0.05, 0) is 42.0 Å². The molecular formula is C24H29N3O4S. The van der Waals surface area contributed by atoms with Crippen molar-refractivity contribution in [2.75, 3.05) is 20.2 Å². The first-order valence-electron chi connectivity index (χ1n) is 10.7. The molecule has 0 saturated heterocycles. The van der Waals surface area contributed by atoms with E-state index in [9.17, 15) is 14.4 Å². The maximum absolute atomic E-state index is 13.3. The fourth-order valence-corrected chi connectivity index (χ4v) is 4.49. The van der Waals surface area contributed by atoms with Gasteiger partial charge in [-0.25, -0.2) is 0 Å². The smallest absolute Gasteiger partial charge is 0.261 e. The van der Waals surface area contributed by atoms with E-state index >= 15 is 0 Å². The Morgan fingerprint density at radius 2 is 1.94 bits per heavy atom. The Hall–Kier alpha value is -3.13. The van der Waals surface area contributed by atoms with Crippen LogP contribution in [0.2, 0.25) is 0 Å². The van der Waals surface area contributed by atoms with Gasteiger partial charge in [0.1, 0.15) is 11.8 Å². The van der Waals surface area contributed by atoms with Gasteiger partial charge in [-0.15, -0.1) is 17.9 Å². The second-order valence-corrected chi connectivity index (χ2v) is 8.61. The molecule has 0 bridgehead atoms. The van der Waals surface area contributed by atoms with Crippen LogP contribution < -0.4 is 15.4 Å². The van der Waals surface area contributed by atoms with E-state index in [1.165, 1.54) is 16.2 Å². The van der Waals surface area contributed by atoms with Gasteiger partial charge in [0.15, 0.2) is 0 Å². The van der Waals surface area contributed by atoms with Gasteiger partial charge < -0.3 is 20.3 Å². The van der Waals surface area contributed by atoms with Crippen molar-refractivity contribution in [2.45, 2.75) is 37.8 Å². The lowest BCUT2D eigenvalue weighted by Gasteiger charge is -2.31. The molecule has 170 valence electrons. The third-order valence-corrected chi connectivity index (χ3v) is 6.35. The van der Waals surface area contributed by atoms with Crippen LogP contribution in [0.25, 0.3) is 0 Å². The SMILES string of the molecule is C=CCN(C(=O)CNC(=O)c1cccs1)[C@H](C(=O)NC1CCCC1)c1ccc(OC)cc1. The summed E-state index contributed by atoms with van der Waals surface area (Å²) in [4.78, 5) is 40.8. The highest BCUT2D eigenvalue weighted by atomic mass is 32.1. The fourth-order valence-electron chi connectivity index (χ4n) is 3.85. The summed E-state index contributed by atoms with van der Waals surface area (Å²) in [6.07, 6.45) is 5.63. The van der Waals surface area contributed by atoms with Crippen molar-refractivity contribution in [2.24, 2.45) is 0 Å². The van der Waals surface area contributed by atoms with E-state index in [-0.39, 0.29) is 36.9 Å². The number of carbonyl (C=O) groups is 3. The number of hydrogen-bond acceptors (Lipinski definition) is 5. The van der Waals surface area contributed by atoms with E-state index in [1.54, 1.807) is 55.0 Å². The highest BCUT2D eigenvalue weighted by Crippen LogP contribution is 2.26. The second-order valence-electron chi connectivity index (χ2n) is 7.66. The molecule has 0 unspecified atom stereocenters. The number of amides is 3. The maximum atomic E-state index is 13.3. The topological polar surface area (TPSA) is 87.7 Å². The standard InChI is InChI=1S/C24H29N3O4S/c1-3-14-27(21(28)16-25-23(29)20-9-6-15-32-20)22(17-10-12-19(31-2)13-11-17)24(30)26-18-7-4-5-8-18/h3,6,9-13,15,18,22H,1,4-5,7-8,14,16H2,2H3,(H,25,29)(H,26,30)/t22-/m0/s1. The zero-order chi connectivity index (χ0) is 22.9. The van der Waals surface area contributed by atoms with E-state index in [2.05, 4.69) is 17.2 Å². The highest BCUT2D eigenvalue weighted by Gasteiger charge is 2.32. The average molecular weight is 456 g/mol. The summed E-state index contributed by atoms with van der Waals surface area (Å²) in [5.41, 5.74) is 0.668. The van der Waals surface area contributed by atoms with Crippen molar-refractivity contribution < 1.29 is 19.1 Å². The van der Waals surface area contributed by atoms with Crippen molar-refractivity contribution in [1.82, 2.24) is 15.5 Å². The molecule has 3 amide bonds. The van der Waals surface area contributed by atoms with Gasteiger partial charge in [-0.3, -0.25) is 14.4 Å². The lowest BCUT2D eigenvalue weighted by atomic mass is 10.0. The highest BCUT2D eigenvalue weighted by molar-refractivity contribution is 7.12. The van der Waals surface area contributed by atoms with Crippen LogP contribution in [0, 0.1) is 0 Å². The van der Waals surface area contributed by atoms with Crippen molar-refractivity contribution in [3.8, 4) is 5.75 Å². The zero-order valence-corrected chi connectivity index (χ0v) is 19.0. The van der Waals surface area contributed by atoms with E-state index in [1.807, 2.05) is 0 Å². The van der Waals surface area contributed by atoms with Crippen LogP contribution in [0.1, 0.15) is 47.0 Å². The quantitative estimate of drug-likeness (QED) is 0.538. The van der Waals surface area contributed by atoms with Gasteiger partial charge in [-0.2, -0.15) is 0 Å². The zero-order valence-electron chi connectivity index (χ0n) is 18.2. The third-order valence-electron chi connectivity index (χ3n) is 5.48. The lowest BCUT2D eigenvalue weighted by molar-refractivity contribution is -0.139. The normalized spacial score (nSPS) is 14.4. The second kappa shape index (κ2) is 11.5. The Balaban J connectivity index is 1.81. The Labute approximate surface area is 192 Å². The summed E-state index contributed by atoms with van der Waals surface area (Å²) in [5.74, 6) is -0.254. The molecule has 0 aliphatic heterocycles. The van der Waals surface area contributed by atoms with E-state index in [0.717, 1.165) is 25.7 Å². The number of nitrogens with zero attached hydrogens (tertiary/aromatic N) is 1. The maximum Gasteiger partial charge on any atom is 0.261 e. The van der Waals surface area contributed by atoms with Crippen molar-refractivity contribution in [3.63, 3.8) is 0 Å². The molecule has 2 aromatic rings. The largest absolute Gasteiger partial charge is 0.497 e. The summed E-state index contributed by atoms with van der Waals surface area (Å²) in [5, 5.41) is 7.56. The van der Waals surface area contributed by atoms with Gasteiger partial charge in [0.25, 0.3) is 5.91 Å². The Bertz CT molecular complexity index is 921. The Kier molecular flexibility index (Phi) is 8.44. The molecule has 1 saturated carbocycles. The number of ether oxygens (including phenoxy) is 1. The van der Waals surface area contributed by atoms with Gasteiger partial charge >= 0.3 is 0 Å². The summed E-state index contributed by atoms with van der Waals surface area (Å²) in [6.45, 7) is 3.71. The molecule has 1 fully saturated rings. The van der Waals surface area contributed by atoms with Gasteiger partial charge in [0.2, 0.25) is 11.8 Å². The summed E-state index contributed by atoms with van der Waals surface area (Å²) >= 11 is 1.30. The molecule has 0 radical (unpaired) electrons. The number of nitrogens with one attached hydrogen (secondary N) is 2. The van der Waals surface area contributed by atoms with Crippen LogP contribution >= 0.6 is 11.3 Å². The molecule has 1 aromatic carbocycles. The minimum atomic E-state index is -0.842. The number of carbonyl (C=O) groups excluding carboxylic acids is 3. The first-order valence-corrected chi connectivity index (χ1v) is 11.6. The molecule has 0 spiro atoms. The predicted octanol–water partition coefficient (Wildman–Crippen LogP) is 3.30. The van der Waals surface area contributed by atoms with Crippen LogP contribution in [-0.2, 0) is 9.59 Å². The minimum Gasteiger partial charge on any atom is -0.497 e. The Morgan fingerprint density at radius 1 is 1.22 bits per heavy atom. The summed E-state index contributed by atoms with van der Waals surface area (Å²) in [7, 11) is 1.57. The number of methoxy groups -OCH3 is 1. The van der Waals surface area contributed by atoms with Crippen molar-refractivity contribution in [3.05, 3.63) is 64.9 Å². The Morgan fingerprint density at radius 3 is 2.53 bits per heavy atom. The van der Waals surface area contributed by atoms with E-state index in [4.69, 9.17) is 4.74 Å². The number of rotatable bonds is 10. The molecule has 2 N–H and O–H groups in total. The molecule has 3 rings (SSSR count).